The summed E-state index contributed by atoms with van der Waals surface area (Å²) in [6.07, 6.45) is 9.08. The Kier molecular flexibility index (Phi) is 4.78. The van der Waals surface area contributed by atoms with Crippen molar-refractivity contribution in [2.45, 2.75) is 58.2 Å². The van der Waals surface area contributed by atoms with E-state index in [-0.39, 0.29) is 6.04 Å². The Morgan fingerprint density at radius 1 is 1.44 bits per heavy atom. The van der Waals surface area contributed by atoms with E-state index in [0.717, 1.165) is 18.3 Å². The van der Waals surface area contributed by atoms with Gasteiger partial charge in [0.2, 0.25) is 0 Å². The van der Waals surface area contributed by atoms with Gasteiger partial charge in [0.25, 0.3) is 0 Å². The average molecular weight is 250 g/mol. The van der Waals surface area contributed by atoms with Gasteiger partial charge >= 0.3 is 0 Å². The van der Waals surface area contributed by atoms with Crippen LogP contribution in [0.2, 0.25) is 0 Å². The van der Waals surface area contributed by atoms with Crippen LogP contribution in [-0.2, 0) is 6.54 Å². The lowest BCUT2D eigenvalue weighted by atomic mass is 10.0. The molecular weight excluding hydrogens is 224 g/mol. The minimum Gasteiger partial charge on any atom is -0.333 e. The quantitative estimate of drug-likeness (QED) is 0.871. The van der Waals surface area contributed by atoms with E-state index in [9.17, 15) is 0 Å². The molecule has 1 aliphatic heterocycles. The van der Waals surface area contributed by atoms with Gasteiger partial charge in [-0.3, -0.25) is 0 Å². The Balaban J connectivity index is 1.79. The van der Waals surface area contributed by atoms with Crippen molar-refractivity contribution in [3.63, 3.8) is 0 Å². The van der Waals surface area contributed by atoms with Gasteiger partial charge in [-0.2, -0.15) is 0 Å². The summed E-state index contributed by atoms with van der Waals surface area (Å²) in [5.41, 5.74) is 7.06. The standard InChI is InChI=1S/C14H26N4/c1-12-6-3-4-7-17(12)8-5-9-18-11-16-10-14(18)13(2)15/h10-13H,3-9,15H2,1-2H3/t12?,13-/m0/s1. The van der Waals surface area contributed by atoms with E-state index >= 15 is 0 Å². The number of aromatic nitrogens is 2. The molecule has 18 heavy (non-hydrogen) atoms. The Bertz CT molecular complexity index is 358. The fourth-order valence-electron chi connectivity index (χ4n) is 2.83. The SMILES string of the molecule is CC1CCCCN1CCCn1cncc1[C@H](C)N. The van der Waals surface area contributed by atoms with Crippen LogP contribution in [0.15, 0.2) is 12.5 Å². The number of rotatable bonds is 5. The molecular formula is C14H26N4. The summed E-state index contributed by atoms with van der Waals surface area (Å²) in [5.74, 6) is 0. The summed E-state index contributed by atoms with van der Waals surface area (Å²) in [6, 6.07) is 0.829. The number of piperidine rings is 1. The van der Waals surface area contributed by atoms with Gasteiger partial charge in [0.15, 0.2) is 0 Å². The molecule has 102 valence electrons. The Labute approximate surface area is 110 Å². The minimum absolute atomic E-state index is 0.0708. The van der Waals surface area contributed by atoms with E-state index in [1.165, 1.54) is 38.8 Å². The van der Waals surface area contributed by atoms with Crippen LogP contribution in [0, 0.1) is 0 Å². The predicted molar refractivity (Wildman–Crippen MR) is 74.3 cm³/mol. The minimum atomic E-state index is 0.0708. The van der Waals surface area contributed by atoms with Crippen molar-refractivity contribution in [2.24, 2.45) is 5.73 Å². The number of hydrogen-bond acceptors (Lipinski definition) is 3. The van der Waals surface area contributed by atoms with Crippen molar-refractivity contribution in [3.8, 4) is 0 Å². The van der Waals surface area contributed by atoms with E-state index in [4.69, 9.17) is 5.73 Å². The molecule has 4 heteroatoms. The molecule has 1 aromatic heterocycles. The third-order valence-electron chi connectivity index (χ3n) is 4.00. The van der Waals surface area contributed by atoms with E-state index in [2.05, 4.69) is 21.4 Å². The number of hydrogen-bond donors (Lipinski definition) is 1. The second-order valence-electron chi connectivity index (χ2n) is 5.53. The number of imidazole rings is 1. The molecule has 2 heterocycles. The van der Waals surface area contributed by atoms with Crippen LogP contribution >= 0.6 is 0 Å². The number of aryl methyl sites for hydroxylation is 1. The Morgan fingerprint density at radius 3 is 3.00 bits per heavy atom. The van der Waals surface area contributed by atoms with Crippen LogP contribution in [0.5, 0.6) is 0 Å². The molecule has 0 aliphatic carbocycles. The third kappa shape index (κ3) is 3.33. The lowest BCUT2D eigenvalue weighted by Gasteiger charge is -2.33. The first-order valence-corrected chi connectivity index (χ1v) is 7.18. The maximum absolute atomic E-state index is 5.92. The van der Waals surface area contributed by atoms with E-state index in [1.807, 2.05) is 19.4 Å². The van der Waals surface area contributed by atoms with Crippen molar-refractivity contribution in [3.05, 3.63) is 18.2 Å². The summed E-state index contributed by atoms with van der Waals surface area (Å²) in [5, 5.41) is 0. The first kappa shape index (κ1) is 13.6. The molecule has 2 atom stereocenters. The molecule has 1 unspecified atom stereocenters. The first-order chi connectivity index (χ1) is 8.68. The van der Waals surface area contributed by atoms with Crippen LogP contribution in [0.4, 0.5) is 0 Å². The maximum atomic E-state index is 5.92. The van der Waals surface area contributed by atoms with Gasteiger partial charge in [0, 0.05) is 31.4 Å². The van der Waals surface area contributed by atoms with Crippen LogP contribution < -0.4 is 5.73 Å². The largest absolute Gasteiger partial charge is 0.333 e. The van der Waals surface area contributed by atoms with Crippen LogP contribution in [0.3, 0.4) is 0 Å². The van der Waals surface area contributed by atoms with Crippen molar-refractivity contribution in [2.75, 3.05) is 13.1 Å². The Morgan fingerprint density at radius 2 is 2.28 bits per heavy atom. The van der Waals surface area contributed by atoms with Gasteiger partial charge in [-0.1, -0.05) is 6.42 Å². The van der Waals surface area contributed by atoms with Gasteiger partial charge < -0.3 is 15.2 Å². The third-order valence-corrected chi connectivity index (χ3v) is 4.00. The van der Waals surface area contributed by atoms with Crippen LogP contribution in [0.25, 0.3) is 0 Å². The molecule has 2 N–H and O–H groups in total. The fraction of sp³-hybridized carbons (Fsp3) is 0.786. The van der Waals surface area contributed by atoms with Crippen molar-refractivity contribution < 1.29 is 0 Å². The molecule has 4 nitrogen and oxygen atoms in total. The highest BCUT2D eigenvalue weighted by Crippen LogP contribution is 2.17. The molecule has 0 amide bonds. The average Bonchev–Trinajstić information content (AvgIpc) is 2.80. The molecule has 0 aromatic carbocycles. The number of nitrogens with zero attached hydrogens (tertiary/aromatic N) is 3. The molecule has 1 saturated heterocycles. The molecule has 1 aliphatic rings. The van der Waals surface area contributed by atoms with Gasteiger partial charge in [0.05, 0.1) is 12.0 Å². The molecule has 1 aromatic rings. The first-order valence-electron chi connectivity index (χ1n) is 7.18. The van der Waals surface area contributed by atoms with E-state index in [0.29, 0.717) is 0 Å². The van der Waals surface area contributed by atoms with E-state index < -0.39 is 0 Å². The highest BCUT2D eigenvalue weighted by molar-refractivity contribution is 5.02. The van der Waals surface area contributed by atoms with Crippen molar-refractivity contribution in [1.29, 1.82) is 0 Å². The number of nitrogens with two attached hydrogens (primary N) is 1. The molecule has 0 bridgehead atoms. The lowest BCUT2D eigenvalue weighted by Crippen LogP contribution is -2.38. The van der Waals surface area contributed by atoms with Gasteiger partial charge in [-0.05, 0) is 39.7 Å². The zero-order valence-corrected chi connectivity index (χ0v) is 11.7. The van der Waals surface area contributed by atoms with Crippen LogP contribution in [0.1, 0.15) is 51.3 Å². The van der Waals surface area contributed by atoms with Gasteiger partial charge in [0.1, 0.15) is 0 Å². The second-order valence-corrected chi connectivity index (χ2v) is 5.53. The van der Waals surface area contributed by atoms with Crippen molar-refractivity contribution >= 4 is 0 Å². The summed E-state index contributed by atoms with van der Waals surface area (Å²) in [6.45, 7) is 7.85. The zero-order chi connectivity index (χ0) is 13.0. The highest BCUT2D eigenvalue weighted by atomic mass is 15.2. The monoisotopic (exact) mass is 250 g/mol. The number of likely N-dealkylation sites (tertiary alicyclic amines) is 1. The molecule has 1 fully saturated rings. The molecule has 2 rings (SSSR count). The molecule has 0 radical (unpaired) electrons. The van der Waals surface area contributed by atoms with Gasteiger partial charge in [-0.25, -0.2) is 4.98 Å². The molecule has 0 saturated carbocycles. The molecule has 0 spiro atoms. The van der Waals surface area contributed by atoms with Crippen LogP contribution in [-0.4, -0.2) is 33.6 Å². The fourth-order valence-corrected chi connectivity index (χ4v) is 2.83. The summed E-state index contributed by atoms with van der Waals surface area (Å²) in [7, 11) is 0. The summed E-state index contributed by atoms with van der Waals surface area (Å²) < 4.78 is 2.19. The Hall–Kier alpha value is -0.870. The summed E-state index contributed by atoms with van der Waals surface area (Å²) >= 11 is 0. The smallest absolute Gasteiger partial charge is 0.0948 e. The summed E-state index contributed by atoms with van der Waals surface area (Å²) in [4.78, 5) is 6.81. The predicted octanol–water partition coefficient (Wildman–Crippen LogP) is 2.17. The maximum Gasteiger partial charge on any atom is 0.0948 e. The lowest BCUT2D eigenvalue weighted by molar-refractivity contribution is 0.156. The normalized spacial score (nSPS) is 23.2. The zero-order valence-electron chi connectivity index (χ0n) is 11.7. The topological polar surface area (TPSA) is 47.1 Å². The van der Waals surface area contributed by atoms with E-state index in [1.54, 1.807) is 0 Å². The highest BCUT2D eigenvalue weighted by Gasteiger charge is 2.17. The van der Waals surface area contributed by atoms with Crippen molar-refractivity contribution in [1.82, 2.24) is 14.5 Å². The van der Waals surface area contributed by atoms with Gasteiger partial charge in [-0.15, -0.1) is 0 Å². The second kappa shape index (κ2) is 6.34.